The Balaban J connectivity index is 0.00000266. The van der Waals surface area contributed by atoms with E-state index in [-0.39, 0.29) is 54.0 Å². The monoisotopic (exact) mass is 1100 g/mol. The molecule has 4 aromatic carbocycles. The molecule has 0 atom stereocenters. The van der Waals surface area contributed by atoms with Gasteiger partial charge in [0, 0.05) is 41.3 Å². The summed E-state index contributed by atoms with van der Waals surface area (Å²) >= 11 is 0. The van der Waals surface area contributed by atoms with Crippen molar-refractivity contribution in [2.75, 3.05) is 0 Å². The molecule has 0 bridgehead atoms. The van der Waals surface area contributed by atoms with Gasteiger partial charge in [-0.3, -0.25) is 0 Å². The quantitative estimate of drug-likeness (QED) is 0.125. The van der Waals surface area contributed by atoms with Crippen LogP contribution in [0.4, 0.5) is 0 Å². The Morgan fingerprint density at radius 1 is 0.500 bits per heavy atom. The van der Waals surface area contributed by atoms with Crippen molar-refractivity contribution in [1.82, 2.24) is 34.9 Å². The van der Waals surface area contributed by atoms with Crippen LogP contribution in [0.5, 0.6) is 23.0 Å². The van der Waals surface area contributed by atoms with Crippen LogP contribution in [0, 0.1) is 24.3 Å². The molecule has 0 saturated carbocycles. The number of hydrogen-bond donors (Lipinski definition) is 0. The molecule has 0 N–H and O–H groups in total. The molecule has 0 spiro atoms. The van der Waals surface area contributed by atoms with Crippen molar-refractivity contribution >= 4 is 21.8 Å². The fraction of sp³-hybridized carbons (Fsp3) is 0.200. The number of nitrogens with zero attached hydrogens (tertiary/aromatic N) is 7. The largest absolute Gasteiger partial charge is 2.00 e. The van der Waals surface area contributed by atoms with Gasteiger partial charge >= 0.3 is 42.1 Å². The van der Waals surface area contributed by atoms with E-state index < -0.39 is 0 Å². The van der Waals surface area contributed by atoms with Crippen LogP contribution in [0.15, 0.2) is 97.3 Å². The Labute approximate surface area is 355 Å². The molecule has 56 heavy (non-hydrogen) atoms. The Hall–Kier alpha value is -5.10. The van der Waals surface area contributed by atoms with Crippen molar-refractivity contribution in [3.05, 3.63) is 139 Å². The molecule has 0 fully saturated rings. The zero-order chi connectivity index (χ0) is 37.3. The van der Waals surface area contributed by atoms with Crippen molar-refractivity contribution in [3.8, 4) is 51.5 Å². The summed E-state index contributed by atoms with van der Waals surface area (Å²) in [6.45, 7) is 12.7. The number of rotatable bonds is 10. The van der Waals surface area contributed by atoms with E-state index in [9.17, 15) is 0 Å². The van der Waals surface area contributed by atoms with E-state index in [1.54, 1.807) is 0 Å². The molecule has 0 saturated heterocycles. The third-order valence-corrected chi connectivity index (χ3v) is 9.16. The van der Waals surface area contributed by atoms with Gasteiger partial charge in [-0.15, -0.1) is 92.2 Å². The van der Waals surface area contributed by atoms with Gasteiger partial charge in [0.25, 0.3) is 5.95 Å². The van der Waals surface area contributed by atoms with Crippen LogP contribution < -0.4 is 9.47 Å². The molecule has 0 aliphatic heterocycles. The van der Waals surface area contributed by atoms with Crippen molar-refractivity contribution in [3.63, 3.8) is 0 Å². The first-order valence-electron chi connectivity index (χ1n) is 18.0. The van der Waals surface area contributed by atoms with Crippen molar-refractivity contribution in [1.29, 1.82) is 0 Å². The minimum absolute atomic E-state index is 0. The molecule has 9 nitrogen and oxygen atoms in total. The summed E-state index contributed by atoms with van der Waals surface area (Å²) in [5.41, 5.74) is 7.11. The second-order valence-corrected chi connectivity index (χ2v) is 14.0. The topological polar surface area (TPSA) is 101 Å². The molecule has 11 heteroatoms. The van der Waals surface area contributed by atoms with Gasteiger partial charge in [0.2, 0.25) is 0 Å². The van der Waals surface area contributed by atoms with Crippen LogP contribution in [-0.4, -0.2) is 34.9 Å². The van der Waals surface area contributed by atoms with Crippen LogP contribution in [0.1, 0.15) is 76.2 Å². The van der Waals surface area contributed by atoms with Gasteiger partial charge < -0.3 is 24.0 Å². The Bertz CT molecular complexity index is 2470. The normalized spacial score (nSPS) is 11.2. The third kappa shape index (κ3) is 8.50. The number of hydrogen-bond acceptors (Lipinski definition) is 8. The molecule has 0 amide bonds. The van der Waals surface area contributed by atoms with E-state index >= 15 is 0 Å². The first-order chi connectivity index (χ1) is 26.2. The van der Waals surface area contributed by atoms with Gasteiger partial charge in [0.05, 0.1) is 0 Å². The Morgan fingerprint density at radius 3 is 1.38 bits per heavy atom. The average molecular weight is 1100 g/mol. The van der Waals surface area contributed by atoms with Crippen LogP contribution in [0.25, 0.3) is 50.3 Å². The van der Waals surface area contributed by atoms with Gasteiger partial charge in [-0.2, -0.15) is 22.9 Å². The first kappa shape index (κ1) is 40.6. The summed E-state index contributed by atoms with van der Waals surface area (Å²) in [5.74, 6) is 3.71. The second kappa shape index (κ2) is 17.4. The summed E-state index contributed by atoms with van der Waals surface area (Å²) in [7, 11) is 0. The Morgan fingerprint density at radius 2 is 0.946 bits per heavy atom. The Kier molecular flexibility index (Phi) is 12.6. The smallest absolute Gasteiger partial charge is 0.503 e. The minimum atomic E-state index is 0. The number of benzene rings is 4. The molecule has 284 valence electrons. The first-order valence-corrected chi connectivity index (χ1v) is 18.0. The van der Waals surface area contributed by atoms with Gasteiger partial charge in [-0.05, 0) is 35.4 Å². The maximum absolute atomic E-state index is 6.37. The number of aromatic nitrogens is 7. The number of ether oxygens (including phenoxy) is 2. The maximum atomic E-state index is 6.37. The van der Waals surface area contributed by atoms with Gasteiger partial charge in [0.15, 0.2) is 5.82 Å². The van der Waals surface area contributed by atoms with E-state index in [2.05, 4.69) is 94.5 Å². The van der Waals surface area contributed by atoms with E-state index in [0.717, 1.165) is 33.3 Å². The van der Waals surface area contributed by atoms with E-state index in [4.69, 9.17) is 9.47 Å². The van der Waals surface area contributed by atoms with Crippen LogP contribution in [0.2, 0.25) is 0 Å². The van der Waals surface area contributed by atoms with Gasteiger partial charge in [-0.25, -0.2) is 0 Å². The summed E-state index contributed by atoms with van der Waals surface area (Å²) in [5, 5.41) is 19.5. The van der Waals surface area contributed by atoms with E-state index in [1.807, 2.05) is 104 Å². The molecule has 4 heterocycles. The van der Waals surface area contributed by atoms with Crippen molar-refractivity contribution < 1.29 is 51.6 Å². The predicted octanol–water partition coefficient (Wildman–Crippen LogP) is 10.6. The SMILES string of the molecule is CC(C)c1ccnc(-c2[c-]c(Oc3[c-]c4c(cc3)c3ccc(Oc5[c-]c(-c6cc(C(C)C)ccn6)ccc5)[c-]c3n4-c3nnc(C(C)C)nn3)ccc2)c1.[Pt+2].[Pt+2]. The second-order valence-electron chi connectivity index (χ2n) is 14.0. The fourth-order valence-corrected chi connectivity index (χ4v) is 6.15. The van der Waals surface area contributed by atoms with Crippen LogP contribution >= 0.6 is 0 Å². The molecular formula is C45H37N7O2Pt2. The molecule has 4 aromatic heterocycles. The average Bonchev–Trinajstić information content (AvgIpc) is 3.51. The van der Waals surface area contributed by atoms with Gasteiger partial charge in [-0.1, -0.05) is 88.0 Å². The summed E-state index contributed by atoms with van der Waals surface area (Å²) in [4.78, 5) is 9.17. The maximum Gasteiger partial charge on any atom is 2.00 e. The number of pyridine rings is 2. The summed E-state index contributed by atoms with van der Waals surface area (Å²) in [6, 6.07) is 41.2. The van der Waals surface area contributed by atoms with E-state index in [1.165, 1.54) is 11.1 Å². The standard InChI is InChI=1S/C45H37N7O2.2Pt/c1-27(2)30-17-19-46-40(23-30)32-9-7-11-34(21-32)53-36-13-15-38-39-16-14-37(26-43(39)52(42(38)25-36)45-50-48-44(29(5)6)49-51-45)54-35-12-8-10-33(22-35)41-24-31(28(3)4)18-20-47-41;;/h7-20,23-24,27-29H,1-6H3;;/q-4;2*+2. The summed E-state index contributed by atoms with van der Waals surface area (Å²) < 4.78 is 14.6. The van der Waals surface area contributed by atoms with Crippen LogP contribution in [-0.2, 0) is 42.1 Å². The van der Waals surface area contributed by atoms with E-state index in [0.29, 0.717) is 51.7 Å². The molecule has 0 aliphatic carbocycles. The zero-order valence-electron chi connectivity index (χ0n) is 31.5. The molecule has 0 aliphatic rings. The molecule has 8 aromatic rings. The fourth-order valence-electron chi connectivity index (χ4n) is 6.15. The minimum Gasteiger partial charge on any atom is -0.503 e. The number of fused-ring (bicyclic) bond motifs is 3. The molecule has 0 unspecified atom stereocenters. The third-order valence-electron chi connectivity index (χ3n) is 9.16. The zero-order valence-corrected chi connectivity index (χ0v) is 36.1. The van der Waals surface area contributed by atoms with Crippen LogP contribution in [0.3, 0.4) is 0 Å². The predicted molar refractivity (Wildman–Crippen MR) is 209 cm³/mol. The van der Waals surface area contributed by atoms with Gasteiger partial charge in [0.1, 0.15) is 0 Å². The van der Waals surface area contributed by atoms with Crippen molar-refractivity contribution in [2.24, 2.45) is 0 Å². The molecule has 0 radical (unpaired) electrons. The van der Waals surface area contributed by atoms with Crippen molar-refractivity contribution in [2.45, 2.75) is 59.3 Å². The molecule has 8 rings (SSSR count). The summed E-state index contributed by atoms with van der Waals surface area (Å²) in [6.07, 6.45) is 3.67. The molecular weight excluding hydrogens is 1060 g/mol.